The monoisotopic (exact) mass is 404 g/mol. The maximum atomic E-state index is 12.1. The third-order valence-electron chi connectivity index (χ3n) is 3.92. The first-order chi connectivity index (χ1) is 13.3. The summed E-state index contributed by atoms with van der Waals surface area (Å²) in [6.45, 7) is 4.52. The van der Waals surface area contributed by atoms with Crippen molar-refractivity contribution >= 4 is 21.6 Å². The van der Waals surface area contributed by atoms with Crippen LogP contribution in [-0.2, 0) is 27.8 Å². The van der Waals surface area contributed by atoms with Crippen LogP contribution in [0.3, 0.4) is 0 Å². The predicted molar refractivity (Wildman–Crippen MR) is 101 cm³/mol. The molecule has 1 aromatic carbocycles. The van der Waals surface area contributed by atoms with Gasteiger partial charge in [0.1, 0.15) is 5.69 Å². The van der Waals surface area contributed by atoms with Crippen LogP contribution < -0.4 is 10.5 Å². The molecule has 0 bridgehead atoms. The number of rotatable bonds is 7. The van der Waals surface area contributed by atoms with Gasteiger partial charge in [-0.15, -0.1) is 10.2 Å². The maximum Gasteiger partial charge on any atom is 0.265 e. The number of hydrogen-bond acceptors (Lipinski definition) is 7. The molecule has 1 amide bonds. The van der Waals surface area contributed by atoms with Gasteiger partial charge >= 0.3 is 0 Å². The number of aromatic nitrogens is 4. The van der Waals surface area contributed by atoms with Gasteiger partial charge in [0, 0.05) is 25.1 Å². The summed E-state index contributed by atoms with van der Waals surface area (Å²) in [6.07, 6.45) is 0.401. The first-order valence-corrected chi connectivity index (χ1v) is 10.1. The summed E-state index contributed by atoms with van der Waals surface area (Å²) in [5.74, 6) is 0.435. The Bertz CT molecular complexity index is 1090. The van der Waals surface area contributed by atoms with Crippen molar-refractivity contribution in [3.8, 4) is 11.6 Å². The van der Waals surface area contributed by atoms with Crippen LogP contribution in [0.2, 0.25) is 0 Å². The van der Waals surface area contributed by atoms with E-state index >= 15 is 0 Å². The predicted octanol–water partition coefficient (Wildman–Crippen LogP) is 1.48. The van der Waals surface area contributed by atoms with Gasteiger partial charge in [-0.2, -0.15) is 5.10 Å². The van der Waals surface area contributed by atoms with Crippen LogP contribution in [0.4, 0.5) is 5.69 Å². The van der Waals surface area contributed by atoms with Crippen molar-refractivity contribution in [2.75, 3.05) is 5.32 Å². The summed E-state index contributed by atoms with van der Waals surface area (Å²) in [7, 11) is -3.77. The van der Waals surface area contributed by atoms with Crippen LogP contribution in [0.25, 0.3) is 11.6 Å². The van der Waals surface area contributed by atoms with Crippen molar-refractivity contribution in [1.82, 2.24) is 20.0 Å². The van der Waals surface area contributed by atoms with Gasteiger partial charge in [0.25, 0.3) is 5.89 Å². The van der Waals surface area contributed by atoms with Crippen LogP contribution in [0.15, 0.2) is 39.6 Å². The second-order valence-electron chi connectivity index (χ2n) is 6.11. The molecule has 10 nitrogen and oxygen atoms in total. The van der Waals surface area contributed by atoms with E-state index < -0.39 is 10.0 Å². The Morgan fingerprint density at radius 3 is 2.61 bits per heavy atom. The number of benzene rings is 1. The second-order valence-corrected chi connectivity index (χ2v) is 7.67. The van der Waals surface area contributed by atoms with Crippen LogP contribution >= 0.6 is 0 Å². The van der Waals surface area contributed by atoms with E-state index in [0.717, 1.165) is 11.4 Å². The van der Waals surface area contributed by atoms with E-state index in [2.05, 4.69) is 20.6 Å². The van der Waals surface area contributed by atoms with Gasteiger partial charge in [0.15, 0.2) is 0 Å². The SMILES string of the molecule is CCn1nc(C)cc1-c1nnc(CCC(=O)Nc2ccc(S(N)(=O)=O)cc2)o1. The smallest absolute Gasteiger partial charge is 0.265 e. The minimum Gasteiger partial charge on any atom is -0.419 e. The zero-order valence-electron chi connectivity index (χ0n) is 15.4. The van der Waals surface area contributed by atoms with Gasteiger partial charge in [0.2, 0.25) is 21.8 Å². The quantitative estimate of drug-likeness (QED) is 0.606. The minimum atomic E-state index is -3.77. The average Bonchev–Trinajstić information content (AvgIpc) is 3.25. The molecule has 2 heterocycles. The Balaban J connectivity index is 1.59. The lowest BCUT2D eigenvalue weighted by atomic mass is 10.2. The molecule has 0 aliphatic carbocycles. The highest BCUT2D eigenvalue weighted by Gasteiger charge is 2.15. The Morgan fingerprint density at radius 1 is 1.25 bits per heavy atom. The molecule has 0 fully saturated rings. The number of primary sulfonamides is 1. The lowest BCUT2D eigenvalue weighted by Crippen LogP contribution is -2.14. The molecule has 0 atom stereocenters. The molecular weight excluding hydrogens is 384 g/mol. The fourth-order valence-corrected chi connectivity index (χ4v) is 3.10. The highest BCUT2D eigenvalue weighted by molar-refractivity contribution is 7.89. The largest absolute Gasteiger partial charge is 0.419 e. The number of nitrogens with two attached hydrogens (primary N) is 1. The van der Waals surface area contributed by atoms with E-state index in [1.807, 2.05) is 19.9 Å². The second kappa shape index (κ2) is 7.90. The summed E-state index contributed by atoms with van der Waals surface area (Å²) >= 11 is 0. The summed E-state index contributed by atoms with van der Waals surface area (Å²) in [4.78, 5) is 12.1. The zero-order chi connectivity index (χ0) is 20.3. The fourth-order valence-electron chi connectivity index (χ4n) is 2.59. The normalized spacial score (nSPS) is 11.5. The Labute approximate surface area is 161 Å². The molecule has 11 heteroatoms. The van der Waals surface area contributed by atoms with Crippen LogP contribution in [-0.4, -0.2) is 34.3 Å². The molecule has 0 radical (unpaired) electrons. The molecule has 0 aliphatic heterocycles. The zero-order valence-corrected chi connectivity index (χ0v) is 16.2. The van der Waals surface area contributed by atoms with Crippen molar-refractivity contribution < 1.29 is 17.6 Å². The Morgan fingerprint density at radius 2 is 1.96 bits per heavy atom. The highest BCUT2D eigenvalue weighted by Crippen LogP contribution is 2.20. The summed E-state index contributed by atoms with van der Waals surface area (Å²) in [6, 6.07) is 7.45. The van der Waals surface area contributed by atoms with E-state index in [1.165, 1.54) is 24.3 Å². The average molecular weight is 404 g/mol. The van der Waals surface area contributed by atoms with E-state index in [1.54, 1.807) is 4.68 Å². The first-order valence-electron chi connectivity index (χ1n) is 8.56. The molecule has 0 saturated carbocycles. The summed E-state index contributed by atoms with van der Waals surface area (Å²) in [5.41, 5.74) is 2.05. The van der Waals surface area contributed by atoms with E-state index in [0.29, 0.717) is 24.0 Å². The molecule has 0 spiro atoms. The van der Waals surface area contributed by atoms with E-state index in [4.69, 9.17) is 9.56 Å². The molecule has 148 valence electrons. The molecule has 0 unspecified atom stereocenters. The lowest BCUT2D eigenvalue weighted by Gasteiger charge is -2.05. The number of hydrogen-bond donors (Lipinski definition) is 2. The summed E-state index contributed by atoms with van der Waals surface area (Å²) < 4.78 is 29.9. The number of carbonyl (C=O) groups is 1. The molecule has 2 aromatic heterocycles. The van der Waals surface area contributed by atoms with Crippen LogP contribution in [0.1, 0.15) is 24.9 Å². The standard InChI is InChI=1S/C17H20N6O4S/c1-3-23-14(10-11(2)22-23)17-21-20-16(27-17)9-8-15(24)19-12-4-6-13(7-5-12)28(18,25)26/h4-7,10H,3,8-9H2,1-2H3,(H,19,24)(H2,18,25,26). The number of carbonyl (C=O) groups excluding carboxylic acids is 1. The molecular formula is C17H20N6O4S. The van der Waals surface area contributed by atoms with Crippen molar-refractivity contribution in [3.63, 3.8) is 0 Å². The molecule has 0 saturated heterocycles. The highest BCUT2D eigenvalue weighted by atomic mass is 32.2. The van der Waals surface area contributed by atoms with Gasteiger partial charge in [-0.1, -0.05) is 0 Å². The summed E-state index contributed by atoms with van der Waals surface area (Å²) in [5, 5.41) is 20.1. The van der Waals surface area contributed by atoms with Gasteiger partial charge in [0.05, 0.1) is 10.6 Å². The Kier molecular flexibility index (Phi) is 5.56. The van der Waals surface area contributed by atoms with E-state index in [-0.39, 0.29) is 23.6 Å². The van der Waals surface area contributed by atoms with Crippen LogP contribution in [0.5, 0.6) is 0 Å². The molecule has 0 aliphatic rings. The molecule has 28 heavy (non-hydrogen) atoms. The number of sulfonamides is 1. The third kappa shape index (κ3) is 4.61. The number of amides is 1. The van der Waals surface area contributed by atoms with Gasteiger partial charge in [-0.05, 0) is 44.2 Å². The van der Waals surface area contributed by atoms with Crippen molar-refractivity contribution in [3.05, 3.63) is 41.9 Å². The van der Waals surface area contributed by atoms with Crippen LogP contribution in [0, 0.1) is 6.92 Å². The van der Waals surface area contributed by atoms with Crippen molar-refractivity contribution in [2.24, 2.45) is 5.14 Å². The third-order valence-corrected chi connectivity index (χ3v) is 4.85. The number of nitrogens with zero attached hydrogens (tertiary/aromatic N) is 4. The van der Waals surface area contributed by atoms with E-state index in [9.17, 15) is 13.2 Å². The van der Waals surface area contributed by atoms with Gasteiger partial charge in [-0.3, -0.25) is 9.48 Å². The van der Waals surface area contributed by atoms with Crippen molar-refractivity contribution in [1.29, 1.82) is 0 Å². The number of aryl methyl sites for hydroxylation is 3. The Hall–Kier alpha value is -3.05. The number of nitrogens with one attached hydrogen (secondary N) is 1. The number of anilines is 1. The molecule has 3 N–H and O–H groups in total. The lowest BCUT2D eigenvalue weighted by molar-refractivity contribution is -0.116. The molecule has 3 rings (SSSR count). The first kappa shape index (κ1) is 19.7. The minimum absolute atomic E-state index is 0.0227. The molecule has 3 aromatic rings. The van der Waals surface area contributed by atoms with Gasteiger partial charge < -0.3 is 9.73 Å². The van der Waals surface area contributed by atoms with Crippen molar-refractivity contribution in [2.45, 2.75) is 38.1 Å². The maximum absolute atomic E-state index is 12.1. The fraction of sp³-hybridized carbons (Fsp3) is 0.294. The van der Waals surface area contributed by atoms with Gasteiger partial charge in [-0.25, -0.2) is 13.6 Å². The topological polar surface area (TPSA) is 146 Å².